The molecule has 0 heterocycles. The van der Waals surface area contributed by atoms with Gasteiger partial charge in [0.05, 0.1) is 0 Å². The third kappa shape index (κ3) is 7.30. The zero-order valence-corrected chi connectivity index (χ0v) is 19.0. The lowest BCUT2D eigenvalue weighted by molar-refractivity contribution is -0.143. The molecule has 0 spiro atoms. The Labute approximate surface area is 184 Å². The highest BCUT2D eigenvalue weighted by Crippen LogP contribution is 2.16. The van der Waals surface area contributed by atoms with Crippen molar-refractivity contribution in [2.45, 2.75) is 45.8 Å². The van der Waals surface area contributed by atoms with Crippen molar-refractivity contribution in [2.24, 2.45) is 0 Å². The van der Waals surface area contributed by atoms with Crippen LogP contribution in [-0.4, -0.2) is 35.4 Å². The van der Waals surface area contributed by atoms with Crippen LogP contribution in [0.25, 0.3) is 0 Å². The minimum atomic E-state index is -0.643. The van der Waals surface area contributed by atoms with Gasteiger partial charge in [-0.05, 0) is 84.8 Å². The molecule has 7 heteroatoms. The Morgan fingerprint density at radius 3 is 2.28 bits per heavy atom. The molecule has 0 radical (unpaired) electrons. The van der Waals surface area contributed by atoms with Gasteiger partial charge in [-0.1, -0.05) is 19.1 Å². The van der Waals surface area contributed by atoms with Gasteiger partial charge >= 0.3 is 0 Å². The van der Waals surface area contributed by atoms with Gasteiger partial charge in [0, 0.05) is 16.2 Å². The Bertz CT molecular complexity index is 810. The lowest BCUT2D eigenvalue weighted by Crippen LogP contribution is -2.51. The highest BCUT2D eigenvalue weighted by atomic mass is 127. The summed E-state index contributed by atoms with van der Waals surface area (Å²) in [4.78, 5) is 27.2. The molecule has 5 nitrogen and oxygen atoms in total. The number of carbonyl (C=O) groups excluding carboxylic acids is 2. The molecule has 2 rings (SSSR count). The number of rotatable bonds is 9. The first-order chi connectivity index (χ1) is 13.8. The summed E-state index contributed by atoms with van der Waals surface area (Å²) in [5.41, 5.74) is 0.741. The topological polar surface area (TPSA) is 58.6 Å². The Hall–Kier alpha value is -2.16. The Balaban J connectivity index is 2.18. The second-order valence-corrected chi connectivity index (χ2v) is 8.22. The van der Waals surface area contributed by atoms with Gasteiger partial charge in [-0.15, -0.1) is 0 Å². The molecule has 0 bridgehead atoms. The van der Waals surface area contributed by atoms with Crippen molar-refractivity contribution in [3.05, 3.63) is 63.5 Å². The number of nitrogens with zero attached hydrogens (tertiary/aromatic N) is 1. The number of carbonyl (C=O) groups is 2. The molecule has 2 aromatic carbocycles. The van der Waals surface area contributed by atoms with Crippen LogP contribution in [0.3, 0.4) is 0 Å². The average Bonchev–Trinajstić information content (AvgIpc) is 2.68. The molecule has 1 atom stereocenters. The summed E-state index contributed by atoms with van der Waals surface area (Å²) < 4.78 is 19.9. The average molecular weight is 512 g/mol. The van der Waals surface area contributed by atoms with Crippen LogP contribution in [0, 0.1) is 9.39 Å². The van der Waals surface area contributed by atoms with Gasteiger partial charge in [-0.3, -0.25) is 9.59 Å². The maximum atomic E-state index is 13.3. The fraction of sp³-hybridized carbons (Fsp3) is 0.364. The number of hydrogen-bond donors (Lipinski definition) is 1. The van der Waals surface area contributed by atoms with E-state index in [1.807, 2.05) is 32.9 Å². The monoisotopic (exact) mass is 512 g/mol. The van der Waals surface area contributed by atoms with Gasteiger partial charge in [0.25, 0.3) is 5.91 Å². The van der Waals surface area contributed by atoms with E-state index in [2.05, 4.69) is 27.9 Å². The number of halogens is 2. The van der Waals surface area contributed by atoms with Crippen LogP contribution < -0.4 is 10.1 Å². The SMILES string of the molecule is CC[C@H](C(=O)NC(C)C)N(Cc1ccc(F)cc1)C(=O)COc1ccc(I)cc1. The number of hydrogen-bond acceptors (Lipinski definition) is 3. The van der Waals surface area contributed by atoms with Crippen molar-refractivity contribution in [1.82, 2.24) is 10.2 Å². The molecular weight excluding hydrogens is 486 g/mol. The molecular formula is C22H26FIN2O3. The molecule has 0 unspecified atom stereocenters. The number of amides is 2. The maximum absolute atomic E-state index is 13.3. The standard InChI is InChI=1S/C22H26FIN2O3/c1-4-20(22(28)25-15(2)3)26(13-16-5-7-17(23)8-6-16)21(27)14-29-19-11-9-18(24)10-12-19/h5-12,15,20H,4,13-14H2,1-3H3,(H,25,28)/t20-/m1/s1. The molecule has 0 aliphatic rings. The van der Waals surface area contributed by atoms with E-state index in [-0.39, 0.29) is 36.8 Å². The van der Waals surface area contributed by atoms with E-state index >= 15 is 0 Å². The molecule has 2 amide bonds. The fourth-order valence-electron chi connectivity index (χ4n) is 2.85. The van der Waals surface area contributed by atoms with Crippen molar-refractivity contribution < 1.29 is 18.7 Å². The van der Waals surface area contributed by atoms with Crippen LogP contribution in [-0.2, 0) is 16.1 Å². The molecule has 29 heavy (non-hydrogen) atoms. The van der Waals surface area contributed by atoms with Crippen molar-refractivity contribution in [3.63, 3.8) is 0 Å². The molecule has 0 saturated heterocycles. The van der Waals surface area contributed by atoms with E-state index in [9.17, 15) is 14.0 Å². The third-order valence-corrected chi connectivity index (χ3v) is 4.98. The minimum Gasteiger partial charge on any atom is -0.484 e. The van der Waals surface area contributed by atoms with Crippen LogP contribution >= 0.6 is 22.6 Å². The summed E-state index contributed by atoms with van der Waals surface area (Å²) in [5.74, 6) is -0.288. The lowest BCUT2D eigenvalue weighted by atomic mass is 10.1. The predicted octanol–water partition coefficient (Wildman–Crippen LogP) is 4.14. The van der Waals surface area contributed by atoms with Crippen molar-refractivity contribution in [3.8, 4) is 5.75 Å². The summed E-state index contributed by atoms with van der Waals surface area (Å²) >= 11 is 2.19. The second-order valence-electron chi connectivity index (χ2n) is 6.98. The first kappa shape index (κ1) is 23.1. The molecule has 156 valence electrons. The first-order valence-electron chi connectivity index (χ1n) is 9.52. The predicted molar refractivity (Wildman–Crippen MR) is 119 cm³/mol. The summed E-state index contributed by atoms with van der Waals surface area (Å²) in [6.07, 6.45) is 0.453. The van der Waals surface area contributed by atoms with Gasteiger partial charge in [0.2, 0.25) is 5.91 Å². The Kier molecular flexibility index (Phi) is 8.88. The highest BCUT2D eigenvalue weighted by Gasteiger charge is 2.29. The van der Waals surface area contributed by atoms with Crippen LogP contribution in [0.2, 0.25) is 0 Å². The third-order valence-electron chi connectivity index (χ3n) is 4.26. The molecule has 2 aromatic rings. The molecule has 0 fully saturated rings. The van der Waals surface area contributed by atoms with Crippen molar-refractivity contribution >= 4 is 34.4 Å². The highest BCUT2D eigenvalue weighted by molar-refractivity contribution is 14.1. The zero-order valence-electron chi connectivity index (χ0n) is 16.8. The van der Waals surface area contributed by atoms with E-state index in [1.165, 1.54) is 17.0 Å². The lowest BCUT2D eigenvalue weighted by Gasteiger charge is -2.31. The maximum Gasteiger partial charge on any atom is 0.261 e. The normalized spacial score (nSPS) is 11.8. The Morgan fingerprint density at radius 1 is 1.10 bits per heavy atom. The first-order valence-corrected chi connectivity index (χ1v) is 10.6. The van der Waals surface area contributed by atoms with Crippen LogP contribution in [0.15, 0.2) is 48.5 Å². The smallest absolute Gasteiger partial charge is 0.261 e. The van der Waals surface area contributed by atoms with Crippen molar-refractivity contribution in [2.75, 3.05) is 6.61 Å². The van der Waals surface area contributed by atoms with Gasteiger partial charge in [0.15, 0.2) is 6.61 Å². The van der Waals surface area contributed by atoms with E-state index in [0.29, 0.717) is 12.2 Å². The molecule has 0 aromatic heterocycles. The van der Waals surface area contributed by atoms with E-state index in [1.54, 1.807) is 24.3 Å². The molecule has 1 N–H and O–H groups in total. The number of nitrogens with one attached hydrogen (secondary N) is 1. The van der Waals surface area contributed by atoms with Crippen LogP contribution in [0.4, 0.5) is 4.39 Å². The molecule has 0 aliphatic heterocycles. The number of benzene rings is 2. The number of ether oxygens (including phenoxy) is 1. The summed E-state index contributed by atoms with van der Waals surface area (Å²) in [7, 11) is 0. The summed E-state index contributed by atoms with van der Waals surface area (Å²) in [5, 5.41) is 2.87. The second kappa shape index (κ2) is 11.1. The largest absolute Gasteiger partial charge is 0.484 e. The molecule has 0 aliphatic carbocycles. The van der Waals surface area contributed by atoms with Crippen LogP contribution in [0.5, 0.6) is 5.75 Å². The zero-order chi connectivity index (χ0) is 21.4. The quantitative estimate of drug-likeness (QED) is 0.514. The van der Waals surface area contributed by atoms with Gasteiger partial charge in [-0.25, -0.2) is 4.39 Å². The van der Waals surface area contributed by atoms with E-state index < -0.39 is 6.04 Å². The van der Waals surface area contributed by atoms with E-state index in [4.69, 9.17) is 4.74 Å². The summed E-state index contributed by atoms with van der Waals surface area (Å²) in [6, 6.07) is 12.6. The fourth-order valence-corrected chi connectivity index (χ4v) is 3.21. The Morgan fingerprint density at radius 2 is 1.72 bits per heavy atom. The summed E-state index contributed by atoms with van der Waals surface area (Å²) in [6.45, 7) is 5.61. The van der Waals surface area contributed by atoms with Gasteiger partial charge in [0.1, 0.15) is 17.6 Å². The van der Waals surface area contributed by atoms with Crippen molar-refractivity contribution in [1.29, 1.82) is 0 Å². The van der Waals surface area contributed by atoms with Gasteiger partial charge in [-0.2, -0.15) is 0 Å². The van der Waals surface area contributed by atoms with E-state index in [0.717, 1.165) is 9.13 Å². The minimum absolute atomic E-state index is 0.0395. The van der Waals surface area contributed by atoms with Crippen LogP contribution in [0.1, 0.15) is 32.8 Å². The van der Waals surface area contributed by atoms with Gasteiger partial charge < -0.3 is 15.0 Å². The molecule has 0 saturated carbocycles.